The number of likely N-dealkylation sites (N-methyl/N-ethyl adjacent to an activating group) is 1. The Morgan fingerprint density at radius 1 is 1.11 bits per heavy atom. The Hall–Kier alpha value is -2.91. The van der Waals surface area contributed by atoms with E-state index in [2.05, 4.69) is 4.72 Å². The monoisotopic (exact) mass is 655 g/mol. The molecule has 0 aromatic heterocycles. The molecule has 0 spiro atoms. The number of sulfonamides is 2. The van der Waals surface area contributed by atoms with E-state index < -0.39 is 38.1 Å². The summed E-state index contributed by atoms with van der Waals surface area (Å²) in [4.78, 5) is 15.7. The normalized spacial score (nSPS) is 21.6. The molecule has 0 saturated heterocycles. The van der Waals surface area contributed by atoms with Crippen molar-refractivity contribution < 1.29 is 40.9 Å². The van der Waals surface area contributed by atoms with Crippen LogP contribution in [0.5, 0.6) is 11.5 Å². The first-order valence-electron chi connectivity index (χ1n) is 14.6. The summed E-state index contributed by atoms with van der Waals surface area (Å²) in [7, 11) is -4.47. The number of carbonyl (C=O) groups is 1. The van der Waals surface area contributed by atoms with Crippen molar-refractivity contribution in [3.63, 3.8) is 0 Å². The number of methoxy groups -OCH3 is 1. The highest BCUT2D eigenvalue weighted by molar-refractivity contribution is 7.92. The Labute approximate surface area is 261 Å². The summed E-state index contributed by atoms with van der Waals surface area (Å²) < 4.78 is 71.9. The number of nitrogens with zero attached hydrogens (tertiary/aromatic N) is 2. The molecule has 0 radical (unpaired) electrons. The Kier molecular flexibility index (Phi) is 12.4. The first-order valence-corrected chi connectivity index (χ1v) is 17.9. The zero-order valence-corrected chi connectivity index (χ0v) is 27.9. The lowest BCUT2D eigenvalue weighted by molar-refractivity contribution is -0.00833. The molecular formula is C30H45N3O9S2. The van der Waals surface area contributed by atoms with E-state index in [0.717, 1.165) is 12.7 Å². The van der Waals surface area contributed by atoms with Crippen LogP contribution >= 0.6 is 0 Å². The van der Waals surface area contributed by atoms with Gasteiger partial charge < -0.3 is 24.2 Å². The molecule has 0 saturated carbocycles. The molecule has 1 heterocycles. The first kappa shape index (κ1) is 35.6. The molecule has 2 N–H and O–H groups in total. The maximum Gasteiger partial charge on any atom is 0.258 e. The number of aliphatic hydroxyl groups is 1. The summed E-state index contributed by atoms with van der Waals surface area (Å²) >= 11 is 0. The van der Waals surface area contributed by atoms with Crippen LogP contribution in [0.2, 0.25) is 0 Å². The highest BCUT2D eigenvalue weighted by Crippen LogP contribution is 2.29. The molecule has 246 valence electrons. The summed E-state index contributed by atoms with van der Waals surface area (Å²) in [5.74, 6) is 0.0233. The number of amides is 1. The molecule has 0 bridgehead atoms. The lowest BCUT2D eigenvalue weighted by Crippen LogP contribution is -2.48. The molecule has 1 amide bonds. The zero-order valence-electron chi connectivity index (χ0n) is 26.2. The number of anilines is 1. The highest BCUT2D eigenvalue weighted by Gasteiger charge is 2.32. The van der Waals surface area contributed by atoms with E-state index in [9.17, 15) is 26.7 Å². The summed E-state index contributed by atoms with van der Waals surface area (Å²) in [6.07, 6.45) is 2.34. The van der Waals surface area contributed by atoms with Gasteiger partial charge in [-0.25, -0.2) is 16.8 Å². The van der Waals surface area contributed by atoms with Gasteiger partial charge >= 0.3 is 0 Å². The Bertz CT molecular complexity index is 1470. The molecular weight excluding hydrogens is 610 g/mol. The van der Waals surface area contributed by atoms with Crippen LogP contribution in [0.1, 0.15) is 50.4 Å². The third-order valence-corrected chi connectivity index (χ3v) is 10.0. The molecule has 3 rings (SSSR count). The van der Waals surface area contributed by atoms with Crippen molar-refractivity contribution in [1.29, 1.82) is 0 Å². The first-order chi connectivity index (χ1) is 20.7. The SMILES string of the molecule is COc1ccc(S(=O)(=O)N(C)C[C@H]2OCCCC[C@H](C)Oc3ccc(NS(C)(=O)=O)cc3C(=O)N([C@@H](C)CO)C[C@@H]2C)cc1. The molecule has 14 heteroatoms. The van der Waals surface area contributed by atoms with Gasteiger partial charge in [0.25, 0.3) is 5.91 Å². The van der Waals surface area contributed by atoms with Crippen LogP contribution in [-0.4, -0.2) is 102 Å². The second-order valence-corrected chi connectivity index (χ2v) is 15.1. The van der Waals surface area contributed by atoms with Gasteiger partial charge in [-0.3, -0.25) is 9.52 Å². The standard InChI is InChI=1S/C30H45N3O9S2/c1-21-18-33(22(2)20-34)30(35)27-17-24(31-43(6,36)37)10-15-28(27)42-23(3)9-7-8-16-41-29(21)19-32(4)44(38,39)26-13-11-25(40-5)12-14-26/h10-15,17,21-23,29,31,34H,7-9,16,18-20H2,1-6H3/t21-,22-,23-,29+/m0/s1. The average Bonchev–Trinajstić information content (AvgIpc) is 2.97. The van der Waals surface area contributed by atoms with E-state index in [0.29, 0.717) is 30.9 Å². The van der Waals surface area contributed by atoms with E-state index >= 15 is 0 Å². The van der Waals surface area contributed by atoms with Gasteiger partial charge in [-0.1, -0.05) is 6.92 Å². The molecule has 44 heavy (non-hydrogen) atoms. The number of ether oxygens (including phenoxy) is 3. The van der Waals surface area contributed by atoms with Gasteiger partial charge in [-0.05, 0) is 75.6 Å². The number of hydrogen-bond donors (Lipinski definition) is 2. The fraction of sp³-hybridized carbons (Fsp3) is 0.567. The fourth-order valence-electron chi connectivity index (χ4n) is 4.94. The van der Waals surface area contributed by atoms with Crippen LogP contribution in [0, 0.1) is 5.92 Å². The summed E-state index contributed by atoms with van der Waals surface area (Å²) in [5.41, 5.74) is 0.347. The molecule has 2 aromatic carbocycles. The van der Waals surface area contributed by atoms with E-state index in [1.54, 1.807) is 25.1 Å². The lowest BCUT2D eigenvalue weighted by atomic mass is 10.0. The number of nitrogens with one attached hydrogen (secondary N) is 1. The van der Waals surface area contributed by atoms with E-state index in [4.69, 9.17) is 14.2 Å². The van der Waals surface area contributed by atoms with Crippen molar-refractivity contribution in [1.82, 2.24) is 9.21 Å². The third-order valence-electron chi connectivity index (χ3n) is 7.56. The van der Waals surface area contributed by atoms with Crippen LogP contribution in [0.4, 0.5) is 5.69 Å². The van der Waals surface area contributed by atoms with Crippen LogP contribution < -0.4 is 14.2 Å². The predicted octanol–water partition coefficient (Wildman–Crippen LogP) is 3.18. The van der Waals surface area contributed by atoms with E-state index in [1.807, 2.05) is 13.8 Å². The van der Waals surface area contributed by atoms with Crippen molar-refractivity contribution in [2.45, 2.75) is 63.2 Å². The fourth-order valence-corrected chi connectivity index (χ4v) is 6.68. The second-order valence-electron chi connectivity index (χ2n) is 11.3. The van der Waals surface area contributed by atoms with Crippen LogP contribution in [0.15, 0.2) is 47.4 Å². The van der Waals surface area contributed by atoms with Crippen molar-refractivity contribution in [2.75, 3.05) is 51.4 Å². The van der Waals surface area contributed by atoms with Gasteiger partial charge in [0, 0.05) is 38.3 Å². The van der Waals surface area contributed by atoms with Crippen molar-refractivity contribution >= 4 is 31.6 Å². The molecule has 1 aliphatic rings. The third kappa shape index (κ3) is 9.54. The number of hydrogen-bond acceptors (Lipinski definition) is 9. The molecule has 4 atom stereocenters. The van der Waals surface area contributed by atoms with Gasteiger partial charge in [0.2, 0.25) is 20.0 Å². The Morgan fingerprint density at radius 2 is 1.80 bits per heavy atom. The summed E-state index contributed by atoms with van der Waals surface area (Å²) in [5, 5.41) is 10.1. The van der Waals surface area contributed by atoms with E-state index in [-0.39, 0.29) is 47.9 Å². The Morgan fingerprint density at radius 3 is 2.41 bits per heavy atom. The lowest BCUT2D eigenvalue weighted by Gasteiger charge is -2.35. The van der Waals surface area contributed by atoms with Crippen molar-refractivity contribution in [3.05, 3.63) is 48.0 Å². The van der Waals surface area contributed by atoms with E-state index in [1.165, 1.54) is 47.6 Å². The largest absolute Gasteiger partial charge is 0.497 e. The number of benzene rings is 2. The van der Waals surface area contributed by atoms with Gasteiger partial charge in [0.05, 0.1) is 48.7 Å². The molecule has 2 aromatic rings. The summed E-state index contributed by atoms with van der Waals surface area (Å²) in [6, 6.07) is 10.1. The number of rotatable bonds is 9. The zero-order chi connectivity index (χ0) is 32.7. The molecule has 1 aliphatic heterocycles. The number of aliphatic hydroxyl groups excluding tert-OH is 1. The second kappa shape index (κ2) is 15.4. The van der Waals surface area contributed by atoms with Gasteiger partial charge in [-0.15, -0.1) is 0 Å². The van der Waals surface area contributed by atoms with Crippen molar-refractivity contribution in [3.8, 4) is 11.5 Å². The summed E-state index contributed by atoms with van der Waals surface area (Å²) in [6.45, 7) is 5.68. The molecule has 0 fully saturated rings. The smallest absolute Gasteiger partial charge is 0.258 e. The average molecular weight is 656 g/mol. The quantitative estimate of drug-likeness (QED) is 0.415. The minimum absolute atomic E-state index is 0.0313. The maximum absolute atomic E-state index is 14.1. The van der Waals surface area contributed by atoms with Gasteiger partial charge in [0.15, 0.2) is 0 Å². The number of carbonyl (C=O) groups excluding carboxylic acids is 1. The highest BCUT2D eigenvalue weighted by atomic mass is 32.2. The van der Waals surface area contributed by atoms with Crippen LogP contribution in [-0.2, 0) is 24.8 Å². The van der Waals surface area contributed by atoms with Crippen LogP contribution in [0.25, 0.3) is 0 Å². The minimum Gasteiger partial charge on any atom is -0.497 e. The topological polar surface area (TPSA) is 152 Å². The molecule has 12 nitrogen and oxygen atoms in total. The maximum atomic E-state index is 14.1. The van der Waals surface area contributed by atoms with Gasteiger partial charge in [-0.2, -0.15) is 4.31 Å². The number of fused-ring (bicyclic) bond motifs is 1. The molecule has 0 aliphatic carbocycles. The van der Waals surface area contributed by atoms with Crippen LogP contribution in [0.3, 0.4) is 0 Å². The predicted molar refractivity (Wildman–Crippen MR) is 168 cm³/mol. The Balaban J connectivity index is 1.97. The van der Waals surface area contributed by atoms with Crippen molar-refractivity contribution in [2.24, 2.45) is 5.92 Å². The minimum atomic E-state index is -3.86. The van der Waals surface area contributed by atoms with Gasteiger partial charge in [0.1, 0.15) is 11.5 Å². The molecule has 0 unspecified atom stereocenters.